The zero-order chi connectivity index (χ0) is 13.4. The SMILES string of the molecule is c1ccc2nc(-c3ncnc4ccccc34)cnc2c1. The monoisotopic (exact) mass is 258 g/mol. The molecule has 94 valence electrons. The lowest BCUT2D eigenvalue weighted by molar-refractivity contribution is 1.19. The van der Waals surface area contributed by atoms with Crippen molar-refractivity contribution in [1.29, 1.82) is 0 Å². The van der Waals surface area contributed by atoms with Crippen molar-refractivity contribution < 1.29 is 0 Å². The summed E-state index contributed by atoms with van der Waals surface area (Å²) in [5.74, 6) is 0. The second-order valence-electron chi connectivity index (χ2n) is 4.48. The van der Waals surface area contributed by atoms with Gasteiger partial charge in [-0.05, 0) is 18.2 Å². The molecule has 0 aliphatic carbocycles. The fourth-order valence-electron chi connectivity index (χ4n) is 2.28. The number of rotatable bonds is 1. The number of benzene rings is 2. The van der Waals surface area contributed by atoms with E-state index >= 15 is 0 Å². The van der Waals surface area contributed by atoms with Crippen LogP contribution in [0.15, 0.2) is 61.1 Å². The van der Waals surface area contributed by atoms with E-state index in [1.54, 1.807) is 12.5 Å². The van der Waals surface area contributed by atoms with E-state index in [-0.39, 0.29) is 0 Å². The zero-order valence-electron chi connectivity index (χ0n) is 10.6. The molecular formula is C16H10N4. The van der Waals surface area contributed by atoms with Crippen molar-refractivity contribution in [2.24, 2.45) is 0 Å². The predicted octanol–water partition coefficient (Wildman–Crippen LogP) is 3.24. The summed E-state index contributed by atoms with van der Waals surface area (Å²) in [5.41, 5.74) is 4.24. The molecule has 0 bridgehead atoms. The van der Waals surface area contributed by atoms with Crippen molar-refractivity contribution in [2.75, 3.05) is 0 Å². The van der Waals surface area contributed by atoms with Gasteiger partial charge in [-0.1, -0.05) is 30.3 Å². The third-order valence-corrected chi connectivity index (χ3v) is 3.23. The lowest BCUT2D eigenvalue weighted by Gasteiger charge is -2.05. The molecule has 0 radical (unpaired) electrons. The molecule has 0 spiro atoms. The van der Waals surface area contributed by atoms with Crippen LogP contribution in [-0.4, -0.2) is 19.9 Å². The summed E-state index contributed by atoms with van der Waals surface area (Å²) in [4.78, 5) is 17.7. The molecule has 0 atom stereocenters. The van der Waals surface area contributed by atoms with Crippen LogP contribution in [0.25, 0.3) is 33.3 Å². The molecule has 0 amide bonds. The first-order valence-electron chi connectivity index (χ1n) is 6.34. The summed E-state index contributed by atoms with van der Waals surface area (Å²) in [6.07, 6.45) is 3.33. The van der Waals surface area contributed by atoms with E-state index in [1.165, 1.54) is 0 Å². The Morgan fingerprint density at radius 3 is 2.30 bits per heavy atom. The second-order valence-corrected chi connectivity index (χ2v) is 4.48. The lowest BCUT2D eigenvalue weighted by atomic mass is 10.1. The first-order chi connectivity index (χ1) is 9.92. The molecule has 4 rings (SSSR count). The number of nitrogens with zero attached hydrogens (tertiary/aromatic N) is 4. The van der Waals surface area contributed by atoms with Gasteiger partial charge in [-0.25, -0.2) is 15.0 Å². The van der Waals surface area contributed by atoms with E-state index in [9.17, 15) is 0 Å². The number of fused-ring (bicyclic) bond motifs is 2. The molecule has 0 unspecified atom stereocenters. The molecule has 0 saturated carbocycles. The molecule has 2 heterocycles. The molecule has 0 N–H and O–H groups in total. The molecule has 0 fully saturated rings. The largest absolute Gasteiger partial charge is 0.252 e. The van der Waals surface area contributed by atoms with Crippen LogP contribution in [0.1, 0.15) is 0 Å². The number of hydrogen-bond donors (Lipinski definition) is 0. The molecule has 2 aromatic carbocycles. The van der Waals surface area contributed by atoms with E-state index < -0.39 is 0 Å². The quantitative estimate of drug-likeness (QED) is 0.526. The molecule has 0 saturated heterocycles. The van der Waals surface area contributed by atoms with Crippen LogP contribution in [0.2, 0.25) is 0 Å². The molecule has 4 heteroatoms. The van der Waals surface area contributed by atoms with Crippen LogP contribution in [-0.2, 0) is 0 Å². The van der Waals surface area contributed by atoms with Gasteiger partial charge in [0.15, 0.2) is 0 Å². The first-order valence-corrected chi connectivity index (χ1v) is 6.34. The fraction of sp³-hybridized carbons (Fsp3) is 0. The van der Waals surface area contributed by atoms with Crippen LogP contribution in [0.3, 0.4) is 0 Å². The minimum Gasteiger partial charge on any atom is -0.252 e. The molecule has 4 aromatic rings. The van der Waals surface area contributed by atoms with Crippen molar-refractivity contribution >= 4 is 21.9 Å². The van der Waals surface area contributed by atoms with Crippen LogP contribution in [0, 0.1) is 0 Å². The van der Waals surface area contributed by atoms with Gasteiger partial charge in [0.2, 0.25) is 0 Å². The van der Waals surface area contributed by atoms with E-state index in [0.717, 1.165) is 33.3 Å². The number of para-hydroxylation sites is 3. The van der Waals surface area contributed by atoms with Crippen LogP contribution in [0.5, 0.6) is 0 Å². The minimum absolute atomic E-state index is 0.766. The van der Waals surface area contributed by atoms with Crippen molar-refractivity contribution in [1.82, 2.24) is 19.9 Å². The highest BCUT2D eigenvalue weighted by Gasteiger charge is 2.08. The first kappa shape index (κ1) is 11.0. The molecule has 4 nitrogen and oxygen atoms in total. The topological polar surface area (TPSA) is 51.6 Å². The summed E-state index contributed by atoms with van der Waals surface area (Å²) in [7, 11) is 0. The average Bonchev–Trinajstić information content (AvgIpc) is 2.54. The normalized spacial score (nSPS) is 11.0. The van der Waals surface area contributed by atoms with Gasteiger partial charge >= 0.3 is 0 Å². The minimum atomic E-state index is 0.766. The maximum Gasteiger partial charge on any atom is 0.116 e. The van der Waals surface area contributed by atoms with E-state index in [4.69, 9.17) is 0 Å². The van der Waals surface area contributed by atoms with Crippen LogP contribution >= 0.6 is 0 Å². The standard InChI is InChI=1S/C16H10N4/c1-2-6-12-11(5-1)16(19-10-18-12)15-9-17-13-7-3-4-8-14(13)20-15/h1-10H. The van der Waals surface area contributed by atoms with Crippen molar-refractivity contribution in [3.63, 3.8) is 0 Å². The van der Waals surface area contributed by atoms with Gasteiger partial charge in [-0.3, -0.25) is 4.98 Å². The summed E-state index contributed by atoms with van der Waals surface area (Å²) >= 11 is 0. The Morgan fingerprint density at radius 1 is 0.650 bits per heavy atom. The van der Waals surface area contributed by atoms with Crippen molar-refractivity contribution in [3.05, 3.63) is 61.1 Å². The van der Waals surface area contributed by atoms with Crippen molar-refractivity contribution in [2.45, 2.75) is 0 Å². The van der Waals surface area contributed by atoms with Gasteiger partial charge in [-0.15, -0.1) is 0 Å². The Kier molecular flexibility index (Phi) is 2.39. The van der Waals surface area contributed by atoms with Gasteiger partial charge in [-0.2, -0.15) is 0 Å². The zero-order valence-corrected chi connectivity index (χ0v) is 10.6. The molecule has 20 heavy (non-hydrogen) atoms. The summed E-state index contributed by atoms with van der Waals surface area (Å²) in [5, 5.41) is 0.986. The third kappa shape index (κ3) is 1.70. The Labute approximate surface area is 115 Å². The Morgan fingerprint density at radius 2 is 1.40 bits per heavy atom. The summed E-state index contributed by atoms with van der Waals surface area (Å²) < 4.78 is 0. The van der Waals surface area contributed by atoms with Gasteiger partial charge in [0.25, 0.3) is 0 Å². The Hall–Kier alpha value is -2.88. The summed E-state index contributed by atoms with van der Waals surface area (Å²) in [6.45, 7) is 0. The third-order valence-electron chi connectivity index (χ3n) is 3.23. The number of hydrogen-bond acceptors (Lipinski definition) is 4. The van der Waals surface area contributed by atoms with Crippen LogP contribution in [0.4, 0.5) is 0 Å². The van der Waals surface area contributed by atoms with Crippen molar-refractivity contribution in [3.8, 4) is 11.4 Å². The van der Waals surface area contributed by atoms with E-state index in [0.29, 0.717) is 0 Å². The van der Waals surface area contributed by atoms with Crippen LogP contribution < -0.4 is 0 Å². The van der Waals surface area contributed by atoms with E-state index in [1.807, 2.05) is 48.5 Å². The van der Waals surface area contributed by atoms with Gasteiger partial charge in [0, 0.05) is 5.39 Å². The summed E-state index contributed by atoms with van der Waals surface area (Å²) in [6, 6.07) is 15.7. The van der Waals surface area contributed by atoms with Gasteiger partial charge < -0.3 is 0 Å². The Bertz CT molecular complexity index is 913. The maximum atomic E-state index is 4.64. The highest BCUT2D eigenvalue weighted by atomic mass is 14.9. The van der Waals surface area contributed by atoms with Gasteiger partial charge in [0.05, 0.1) is 22.7 Å². The molecule has 0 aliphatic rings. The lowest BCUT2D eigenvalue weighted by Crippen LogP contribution is -1.93. The molecular weight excluding hydrogens is 248 g/mol. The maximum absolute atomic E-state index is 4.64. The smallest absolute Gasteiger partial charge is 0.116 e. The highest BCUT2D eigenvalue weighted by molar-refractivity contribution is 5.91. The Balaban J connectivity index is 2.01. The second kappa shape index (κ2) is 4.35. The molecule has 2 aromatic heterocycles. The van der Waals surface area contributed by atoms with E-state index in [2.05, 4.69) is 19.9 Å². The number of aromatic nitrogens is 4. The fourth-order valence-corrected chi connectivity index (χ4v) is 2.28. The molecule has 0 aliphatic heterocycles. The highest BCUT2D eigenvalue weighted by Crippen LogP contribution is 2.24. The van der Waals surface area contributed by atoms with Gasteiger partial charge in [0.1, 0.15) is 17.7 Å². The average molecular weight is 258 g/mol. The predicted molar refractivity (Wildman–Crippen MR) is 78.1 cm³/mol.